The molecule has 0 fully saturated rings. The van der Waals surface area contributed by atoms with Crippen molar-refractivity contribution in [3.8, 4) is 0 Å². The van der Waals surface area contributed by atoms with Crippen LogP contribution in [0.25, 0.3) is 0 Å². The number of amides is 1. The number of aryl methyl sites for hydroxylation is 1. The van der Waals surface area contributed by atoms with Gasteiger partial charge in [0, 0.05) is 5.69 Å². The maximum absolute atomic E-state index is 12.6. The number of alkyl halides is 3. The molecular weight excluding hydrogens is 259 g/mol. The fourth-order valence-corrected chi connectivity index (χ4v) is 1.35. The molecule has 0 atom stereocenters. The second-order valence-corrected chi connectivity index (χ2v) is 5.15. The fraction of sp³-hybridized carbons (Fsp3) is 0.462. The highest BCUT2D eigenvalue weighted by Gasteiger charge is 2.31. The van der Waals surface area contributed by atoms with Crippen LogP contribution < -0.4 is 5.32 Å². The third-order valence-electron chi connectivity index (χ3n) is 2.20. The zero-order valence-electron chi connectivity index (χ0n) is 11.2. The van der Waals surface area contributed by atoms with Gasteiger partial charge in [0.05, 0.1) is 5.56 Å². The van der Waals surface area contributed by atoms with Crippen LogP contribution in [0, 0.1) is 6.92 Å². The van der Waals surface area contributed by atoms with Crippen molar-refractivity contribution in [2.45, 2.75) is 39.5 Å². The number of benzene rings is 1. The fourth-order valence-electron chi connectivity index (χ4n) is 1.35. The third-order valence-corrected chi connectivity index (χ3v) is 2.20. The summed E-state index contributed by atoms with van der Waals surface area (Å²) in [6.45, 7) is 6.62. The number of hydrogen-bond acceptors (Lipinski definition) is 2. The van der Waals surface area contributed by atoms with Crippen LogP contribution in [-0.4, -0.2) is 11.7 Å². The lowest BCUT2D eigenvalue weighted by Crippen LogP contribution is -2.27. The summed E-state index contributed by atoms with van der Waals surface area (Å²) in [4.78, 5) is 11.5. The number of nitrogens with one attached hydrogen (secondary N) is 1. The first kappa shape index (κ1) is 15.3. The Bertz CT molecular complexity index is 476. The van der Waals surface area contributed by atoms with Crippen molar-refractivity contribution >= 4 is 11.8 Å². The van der Waals surface area contributed by atoms with E-state index in [1.54, 1.807) is 27.7 Å². The molecular formula is C13H16F3NO2. The van der Waals surface area contributed by atoms with E-state index >= 15 is 0 Å². The lowest BCUT2D eigenvalue weighted by atomic mass is 10.1. The first-order chi connectivity index (χ1) is 8.49. The third kappa shape index (κ3) is 4.81. The van der Waals surface area contributed by atoms with E-state index in [2.05, 4.69) is 5.32 Å². The zero-order valence-corrected chi connectivity index (χ0v) is 11.2. The van der Waals surface area contributed by atoms with Crippen LogP contribution in [-0.2, 0) is 10.9 Å². The van der Waals surface area contributed by atoms with Crippen molar-refractivity contribution in [3.05, 3.63) is 29.3 Å². The van der Waals surface area contributed by atoms with Gasteiger partial charge in [0.2, 0.25) is 0 Å². The molecule has 0 aliphatic heterocycles. The van der Waals surface area contributed by atoms with E-state index in [9.17, 15) is 18.0 Å². The predicted molar refractivity (Wildman–Crippen MR) is 66.0 cm³/mol. The molecule has 106 valence electrons. The van der Waals surface area contributed by atoms with Gasteiger partial charge in [-0.3, -0.25) is 5.32 Å². The van der Waals surface area contributed by atoms with Crippen LogP contribution in [0.2, 0.25) is 0 Å². The van der Waals surface area contributed by atoms with Gasteiger partial charge in [0.25, 0.3) is 0 Å². The number of hydrogen-bond donors (Lipinski definition) is 1. The van der Waals surface area contributed by atoms with Gasteiger partial charge in [0.1, 0.15) is 5.60 Å². The lowest BCUT2D eigenvalue weighted by molar-refractivity contribution is -0.137. The van der Waals surface area contributed by atoms with Crippen molar-refractivity contribution in [2.75, 3.05) is 5.32 Å². The van der Waals surface area contributed by atoms with Crippen molar-refractivity contribution < 1.29 is 22.7 Å². The Labute approximate surface area is 109 Å². The summed E-state index contributed by atoms with van der Waals surface area (Å²) in [5.74, 6) is 0. The predicted octanol–water partition coefficient (Wildman–Crippen LogP) is 4.36. The molecule has 0 radical (unpaired) electrons. The molecule has 6 heteroatoms. The summed E-state index contributed by atoms with van der Waals surface area (Å²) in [5.41, 5.74) is -0.910. The first-order valence-corrected chi connectivity index (χ1v) is 5.67. The van der Waals surface area contributed by atoms with Gasteiger partial charge < -0.3 is 4.74 Å². The average molecular weight is 275 g/mol. The van der Waals surface area contributed by atoms with Gasteiger partial charge >= 0.3 is 12.3 Å². The van der Waals surface area contributed by atoms with E-state index in [4.69, 9.17) is 4.74 Å². The van der Waals surface area contributed by atoms with Gasteiger partial charge in [-0.15, -0.1) is 0 Å². The van der Waals surface area contributed by atoms with Crippen molar-refractivity contribution in [1.29, 1.82) is 0 Å². The van der Waals surface area contributed by atoms with Crippen LogP contribution in [0.5, 0.6) is 0 Å². The minimum Gasteiger partial charge on any atom is -0.444 e. The SMILES string of the molecule is Cc1ccc(C(F)(F)F)cc1NC(=O)OC(C)(C)C. The number of rotatable bonds is 1. The van der Waals surface area contributed by atoms with Crippen molar-refractivity contribution in [1.82, 2.24) is 0 Å². The molecule has 1 rings (SSSR count). The quantitative estimate of drug-likeness (QED) is 0.827. The number of ether oxygens (including phenoxy) is 1. The highest BCUT2D eigenvalue weighted by atomic mass is 19.4. The Kier molecular flexibility index (Phi) is 4.12. The maximum Gasteiger partial charge on any atom is 0.416 e. The van der Waals surface area contributed by atoms with Crippen LogP contribution >= 0.6 is 0 Å². The summed E-state index contributed by atoms with van der Waals surface area (Å²) in [6.07, 6.45) is -5.23. The molecule has 19 heavy (non-hydrogen) atoms. The Hall–Kier alpha value is -1.72. The highest BCUT2D eigenvalue weighted by Crippen LogP contribution is 2.32. The molecule has 1 amide bonds. The Morgan fingerprint density at radius 3 is 2.26 bits per heavy atom. The molecule has 0 aliphatic carbocycles. The molecule has 0 heterocycles. The van der Waals surface area contributed by atoms with Crippen LogP contribution in [0.4, 0.5) is 23.7 Å². The molecule has 0 bridgehead atoms. The summed E-state index contributed by atoms with van der Waals surface area (Å²) >= 11 is 0. The van der Waals surface area contributed by atoms with Gasteiger partial charge in [-0.1, -0.05) is 6.07 Å². The van der Waals surface area contributed by atoms with E-state index in [0.29, 0.717) is 5.56 Å². The normalized spacial score (nSPS) is 12.2. The monoisotopic (exact) mass is 275 g/mol. The van der Waals surface area contributed by atoms with Crippen LogP contribution in [0.1, 0.15) is 31.9 Å². The molecule has 0 saturated heterocycles. The van der Waals surface area contributed by atoms with Gasteiger partial charge in [-0.05, 0) is 45.4 Å². The second-order valence-electron chi connectivity index (χ2n) is 5.15. The molecule has 1 N–H and O–H groups in total. The molecule has 0 aliphatic rings. The minimum atomic E-state index is -4.45. The zero-order chi connectivity index (χ0) is 14.8. The Morgan fingerprint density at radius 1 is 1.21 bits per heavy atom. The van der Waals surface area contributed by atoms with Crippen molar-refractivity contribution in [2.24, 2.45) is 0 Å². The Balaban J connectivity index is 2.92. The topological polar surface area (TPSA) is 38.3 Å². The smallest absolute Gasteiger partial charge is 0.416 e. The molecule has 0 unspecified atom stereocenters. The number of carbonyl (C=O) groups excluding carboxylic acids is 1. The number of carbonyl (C=O) groups is 1. The number of anilines is 1. The highest BCUT2D eigenvalue weighted by molar-refractivity contribution is 5.86. The summed E-state index contributed by atoms with van der Waals surface area (Å²) in [5, 5.41) is 2.32. The number of halogens is 3. The largest absolute Gasteiger partial charge is 0.444 e. The van der Waals surface area contributed by atoms with E-state index < -0.39 is 23.4 Å². The maximum atomic E-state index is 12.6. The van der Waals surface area contributed by atoms with E-state index in [0.717, 1.165) is 12.1 Å². The summed E-state index contributed by atoms with van der Waals surface area (Å²) in [7, 11) is 0. The second kappa shape index (κ2) is 5.11. The first-order valence-electron chi connectivity index (χ1n) is 5.67. The van der Waals surface area contributed by atoms with E-state index in [-0.39, 0.29) is 5.69 Å². The Morgan fingerprint density at radius 2 is 1.79 bits per heavy atom. The minimum absolute atomic E-state index is 0.0871. The summed E-state index contributed by atoms with van der Waals surface area (Å²) in [6, 6.07) is 3.16. The lowest BCUT2D eigenvalue weighted by Gasteiger charge is -2.20. The van der Waals surface area contributed by atoms with Crippen LogP contribution in [0.3, 0.4) is 0 Å². The van der Waals surface area contributed by atoms with Gasteiger partial charge in [-0.25, -0.2) is 4.79 Å². The molecule has 0 spiro atoms. The molecule has 0 aromatic heterocycles. The molecule has 1 aromatic rings. The van der Waals surface area contributed by atoms with Crippen molar-refractivity contribution in [3.63, 3.8) is 0 Å². The molecule has 1 aromatic carbocycles. The molecule has 0 saturated carbocycles. The average Bonchev–Trinajstić information content (AvgIpc) is 2.16. The van der Waals surface area contributed by atoms with E-state index in [1.807, 2.05) is 0 Å². The standard InChI is InChI=1S/C13H16F3NO2/c1-8-5-6-9(13(14,15)16)7-10(8)17-11(18)19-12(2,3)4/h5-7H,1-4H3,(H,17,18). The molecule has 3 nitrogen and oxygen atoms in total. The van der Waals surface area contributed by atoms with Gasteiger partial charge in [-0.2, -0.15) is 13.2 Å². The van der Waals surface area contributed by atoms with Gasteiger partial charge in [0.15, 0.2) is 0 Å². The van der Waals surface area contributed by atoms with Crippen LogP contribution in [0.15, 0.2) is 18.2 Å². The van der Waals surface area contributed by atoms with E-state index in [1.165, 1.54) is 6.07 Å². The summed E-state index contributed by atoms with van der Waals surface area (Å²) < 4.78 is 42.7.